The smallest absolute Gasteiger partial charge is 0.161 e. The van der Waals surface area contributed by atoms with Gasteiger partial charge < -0.3 is 14.6 Å². The summed E-state index contributed by atoms with van der Waals surface area (Å²) in [6.45, 7) is 5.03. The number of hydrogen-bond acceptors (Lipinski definition) is 4. The molecule has 1 aromatic carbocycles. The van der Waals surface area contributed by atoms with Crippen LogP contribution in [0.1, 0.15) is 31.1 Å². The zero-order chi connectivity index (χ0) is 14.5. The lowest BCUT2D eigenvalue weighted by atomic mass is 10.1. The lowest BCUT2D eigenvalue weighted by molar-refractivity contribution is 0.198. The van der Waals surface area contributed by atoms with E-state index in [4.69, 9.17) is 9.47 Å². The number of aliphatic hydroxyl groups is 1. The molecule has 0 unspecified atom stereocenters. The van der Waals surface area contributed by atoms with Crippen molar-refractivity contribution in [2.75, 3.05) is 7.11 Å². The van der Waals surface area contributed by atoms with Gasteiger partial charge in [-0.15, -0.1) is 0 Å². The fraction of sp³-hybridized carbons (Fsp3) is 0.400. The van der Waals surface area contributed by atoms with Crippen LogP contribution >= 0.6 is 0 Å². The summed E-state index contributed by atoms with van der Waals surface area (Å²) in [7, 11) is 1.59. The van der Waals surface area contributed by atoms with Gasteiger partial charge in [0.15, 0.2) is 11.5 Å². The van der Waals surface area contributed by atoms with E-state index < -0.39 is 6.10 Å². The molecule has 0 amide bonds. The molecule has 20 heavy (non-hydrogen) atoms. The van der Waals surface area contributed by atoms with Gasteiger partial charge in [-0.2, -0.15) is 5.10 Å². The highest BCUT2D eigenvalue weighted by Crippen LogP contribution is 2.30. The highest BCUT2D eigenvalue weighted by Gasteiger charge is 2.09. The van der Waals surface area contributed by atoms with Gasteiger partial charge in [0.1, 0.15) is 6.61 Å². The van der Waals surface area contributed by atoms with E-state index in [-0.39, 0.29) is 0 Å². The Morgan fingerprint density at radius 2 is 2.15 bits per heavy atom. The number of aliphatic hydroxyl groups excluding tert-OH is 1. The van der Waals surface area contributed by atoms with Crippen molar-refractivity contribution in [2.45, 2.75) is 33.1 Å². The molecule has 1 heterocycles. The largest absolute Gasteiger partial charge is 0.493 e. The molecule has 5 nitrogen and oxygen atoms in total. The van der Waals surface area contributed by atoms with Crippen LogP contribution < -0.4 is 9.47 Å². The Labute approximate surface area is 118 Å². The van der Waals surface area contributed by atoms with E-state index in [0.29, 0.717) is 18.1 Å². The maximum Gasteiger partial charge on any atom is 0.161 e. The topological polar surface area (TPSA) is 56.5 Å². The highest BCUT2D eigenvalue weighted by atomic mass is 16.5. The van der Waals surface area contributed by atoms with Crippen LogP contribution in [0.2, 0.25) is 0 Å². The summed E-state index contributed by atoms with van der Waals surface area (Å²) in [5.41, 5.74) is 1.81. The summed E-state index contributed by atoms with van der Waals surface area (Å²) in [6.07, 6.45) is 3.22. The summed E-state index contributed by atoms with van der Waals surface area (Å²) in [5, 5.41) is 13.8. The molecule has 0 fully saturated rings. The molecule has 0 aliphatic rings. The van der Waals surface area contributed by atoms with Gasteiger partial charge in [-0.3, -0.25) is 4.68 Å². The van der Waals surface area contributed by atoms with Crippen LogP contribution in [-0.4, -0.2) is 22.0 Å². The summed E-state index contributed by atoms with van der Waals surface area (Å²) in [4.78, 5) is 0. The first kappa shape index (κ1) is 14.4. The van der Waals surface area contributed by atoms with Crippen molar-refractivity contribution in [2.24, 2.45) is 0 Å². The first-order valence-electron chi connectivity index (χ1n) is 6.64. The van der Waals surface area contributed by atoms with Gasteiger partial charge in [0.05, 0.1) is 19.4 Å². The molecule has 1 aromatic heterocycles. The molecule has 0 radical (unpaired) electrons. The molecule has 5 heteroatoms. The molecule has 0 aliphatic heterocycles. The molecule has 1 atom stereocenters. The number of benzene rings is 1. The van der Waals surface area contributed by atoms with Crippen molar-refractivity contribution in [1.82, 2.24) is 9.78 Å². The number of ether oxygens (including phenoxy) is 2. The number of aromatic nitrogens is 2. The van der Waals surface area contributed by atoms with Crippen LogP contribution in [0.3, 0.4) is 0 Å². The molecule has 0 bridgehead atoms. The average molecular weight is 276 g/mol. The van der Waals surface area contributed by atoms with E-state index >= 15 is 0 Å². The second kappa shape index (κ2) is 6.43. The Balaban J connectivity index is 2.08. The zero-order valence-electron chi connectivity index (χ0n) is 12.0. The molecular formula is C15H20N2O3. The maximum absolute atomic E-state index is 9.56. The fourth-order valence-electron chi connectivity index (χ4n) is 1.88. The minimum Gasteiger partial charge on any atom is -0.493 e. The first-order valence-corrected chi connectivity index (χ1v) is 6.64. The fourth-order valence-corrected chi connectivity index (χ4v) is 1.88. The molecule has 0 aliphatic carbocycles. The molecule has 0 spiro atoms. The third-order valence-electron chi connectivity index (χ3n) is 3.08. The van der Waals surface area contributed by atoms with Gasteiger partial charge in [0.2, 0.25) is 0 Å². The normalized spacial score (nSPS) is 12.2. The van der Waals surface area contributed by atoms with Crippen LogP contribution in [0.25, 0.3) is 0 Å². The predicted molar refractivity (Wildman–Crippen MR) is 75.9 cm³/mol. The van der Waals surface area contributed by atoms with Crippen molar-refractivity contribution in [3.8, 4) is 11.5 Å². The van der Waals surface area contributed by atoms with Crippen molar-refractivity contribution in [3.05, 3.63) is 41.7 Å². The van der Waals surface area contributed by atoms with Crippen molar-refractivity contribution < 1.29 is 14.6 Å². The maximum atomic E-state index is 9.56. The molecule has 108 valence electrons. The Morgan fingerprint density at radius 1 is 1.35 bits per heavy atom. The van der Waals surface area contributed by atoms with Crippen LogP contribution in [0, 0.1) is 0 Å². The van der Waals surface area contributed by atoms with Gasteiger partial charge in [-0.25, -0.2) is 0 Å². The Kier molecular flexibility index (Phi) is 4.63. The van der Waals surface area contributed by atoms with E-state index in [0.717, 1.165) is 17.7 Å². The molecule has 0 saturated carbocycles. The molecular weight excluding hydrogens is 256 g/mol. The second-order valence-corrected chi connectivity index (χ2v) is 4.58. The number of hydrogen-bond donors (Lipinski definition) is 1. The zero-order valence-corrected chi connectivity index (χ0v) is 12.0. The lowest BCUT2D eigenvalue weighted by Crippen LogP contribution is -1.99. The van der Waals surface area contributed by atoms with E-state index in [2.05, 4.69) is 5.10 Å². The van der Waals surface area contributed by atoms with Crippen LogP contribution in [0.4, 0.5) is 0 Å². The number of rotatable bonds is 6. The molecule has 0 saturated heterocycles. The monoisotopic (exact) mass is 276 g/mol. The summed E-state index contributed by atoms with van der Waals surface area (Å²) in [6, 6.07) is 5.43. The quantitative estimate of drug-likeness (QED) is 0.881. The Hall–Kier alpha value is -2.01. The van der Waals surface area contributed by atoms with E-state index in [9.17, 15) is 5.11 Å². The number of aryl methyl sites for hydroxylation is 1. The molecule has 1 N–H and O–H groups in total. The van der Waals surface area contributed by atoms with E-state index in [1.54, 1.807) is 26.3 Å². The Morgan fingerprint density at radius 3 is 2.75 bits per heavy atom. The van der Waals surface area contributed by atoms with Crippen molar-refractivity contribution >= 4 is 0 Å². The van der Waals surface area contributed by atoms with Gasteiger partial charge >= 0.3 is 0 Å². The van der Waals surface area contributed by atoms with Crippen molar-refractivity contribution in [1.29, 1.82) is 0 Å². The summed E-state index contributed by atoms with van der Waals surface area (Å²) in [5.74, 6) is 1.27. The average Bonchev–Trinajstić information content (AvgIpc) is 2.92. The minimum atomic E-state index is -0.527. The highest BCUT2D eigenvalue weighted by molar-refractivity contribution is 5.43. The van der Waals surface area contributed by atoms with E-state index in [1.807, 2.05) is 29.9 Å². The second-order valence-electron chi connectivity index (χ2n) is 4.58. The van der Waals surface area contributed by atoms with Crippen LogP contribution in [0.5, 0.6) is 11.5 Å². The lowest BCUT2D eigenvalue weighted by Gasteiger charge is -2.12. The number of methoxy groups -OCH3 is 1. The molecule has 2 rings (SSSR count). The van der Waals surface area contributed by atoms with E-state index in [1.165, 1.54) is 0 Å². The SMILES string of the molecule is CCn1cc(COc2ccc([C@@H](C)O)cc2OC)cn1. The first-order chi connectivity index (χ1) is 9.63. The van der Waals surface area contributed by atoms with Gasteiger partial charge in [-0.1, -0.05) is 6.07 Å². The van der Waals surface area contributed by atoms with Crippen molar-refractivity contribution in [3.63, 3.8) is 0 Å². The standard InChI is InChI=1S/C15H20N2O3/c1-4-17-9-12(8-16-17)10-20-14-6-5-13(11(2)18)7-15(14)19-3/h5-9,11,18H,4,10H2,1-3H3/t11-/m1/s1. The minimum absolute atomic E-state index is 0.435. The third-order valence-corrected chi connectivity index (χ3v) is 3.08. The molecule has 2 aromatic rings. The van der Waals surface area contributed by atoms with Gasteiger partial charge in [0.25, 0.3) is 0 Å². The summed E-state index contributed by atoms with van der Waals surface area (Å²) < 4.78 is 12.9. The van der Waals surface area contributed by atoms with Crippen LogP contribution in [0.15, 0.2) is 30.6 Å². The predicted octanol–water partition coefficient (Wildman–Crippen LogP) is 2.54. The van der Waals surface area contributed by atoms with Gasteiger partial charge in [-0.05, 0) is 31.5 Å². The summed E-state index contributed by atoms with van der Waals surface area (Å²) >= 11 is 0. The third kappa shape index (κ3) is 3.30. The Bertz CT molecular complexity index is 564. The van der Waals surface area contributed by atoms with Crippen LogP contribution in [-0.2, 0) is 13.2 Å². The van der Waals surface area contributed by atoms with Gasteiger partial charge in [0, 0.05) is 18.3 Å². The number of nitrogens with zero attached hydrogens (tertiary/aromatic N) is 2.